The van der Waals surface area contributed by atoms with Crippen LogP contribution in [0.1, 0.15) is 89.0 Å². The van der Waals surface area contributed by atoms with E-state index in [2.05, 4.69) is 219 Å². The minimum absolute atomic E-state index is 0.766. The van der Waals surface area contributed by atoms with Crippen molar-refractivity contribution >= 4 is 44.6 Å². The number of hydrogen-bond donors (Lipinski definition) is 0. The topological polar surface area (TPSA) is 73.8 Å². The summed E-state index contributed by atoms with van der Waals surface area (Å²) in [7, 11) is 13.5. The number of ether oxygens (including phenoxy) is 8. The molecular formula is C96H82O8. The second-order valence-corrected chi connectivity index (χ2v) is 24.6. The monoisotopic (exact) mass is 1360 g/mol. The predicted octanol–water partition coefficient (Wildman–Crippen LogP) is 22.6. The summed E-state index contributed by atoms with van der Waals surface area (Å²) in [6.07, 6.45) is 13.3. The first-order valence-electron chi connectivity index (χ1n) is 34.2. The Morgan fingerprint density at radius 2 is 0.240 bits per heavy atom. The molecule has 8 heteroatoms. The van der Waals surface area contributed by atoms with Crippen LogP contribution in [0.15, 0.2) is 341 Å². The van der Waals surface area contributed by atoms with Crippen molar-refractivity contribution in [3.8, 4) is 46.0 Å². The molecule has 0 saturated carbocycles. The third-order valence-corrected chi connectivity index (χ3v) is 18.6. The molecule has 8 nitrogen and oxygen atoms in total. The average Bonchev–Trinajstić information content (AvgIpc) is 0.814. The van der Waals surface area contributed by atoms with Gasteiger partial charge in [-0.15, -0.1) is 0 Å². The molecule has 0 aliphatic rings. The Hall–Kier alpha value is -13.0. The molecule has 12 aromatic rings. The van der Waals surface area contributed by atoms with Crippen molar-refractivity contribution in [1.29, 1.82) is 0 Å². The van der Waals surface area contributed by atoms with Crippen LogP contribution < -0.4 is 37.9 Å². The second kappa shape index (κ2) is 33.9. The van der Waals surface area contributed by atoms with Crippen LogP contribution >= 0.6 is 0 Å². The fourth-order valence-electron chi connectivity index (χ4n) is 12.6. The van der Waals surface area contributed by atoms with Crippen LogP contribution in [-0.2, 0) is 0 Å². The van der Waals surface area contributed by atoms with Gasteiger partial charge in [0.2, 0.25) is 0 Å². The number of benzene rings is 12. The summed E-state index contributed by atoms with van der Waals surface area (Å²) < 4.78 is 44.9. The highest BCUT2D eigenvalue weighted by atomic mass is 16.5. The van der Waals surface area contributed by atoms with Gasteiger partial charge >= 0.3 is 0 Å². The Labute approximate surface area is 611 Å². The van der Waals surface area contributed by atoms with Gasteiger partial charge in [-0.1, -0.05) is 244 Å². The molecule has 12 rings (SSSR count). The first-order valence-corrected chi connectivity index (χ1v) is 34.2. The number of allylic oxidation sites excluding steroid dienone is 6. The van der Waals surface area contributed by atoms with Crippen molar-refractivity contribution in [2.24, 2.45) is 0 Å². The van der Waals surface area contributed by atoms with Crippen LogP contribution in [0.4, 0.5) is 0 Å². The molecule has 514 valence electrons. The summed E-state index contributed by atoms with van der Waals surface area (Å²) in [4.78, 5) is 0. The lowest BCUT2D eigenvalue weighted by atomic mass is 9.90. The predicted molar refractivity (Wildman–Crippen MR) is 428 cm³/mol. The Morgan fingerprint density at radius 1 is 0.154 bits per heavy atom. The van der Waals surface area contributed by atoms with Crippen LogP contribution in [0.2, 0.25) is 0 Å². The van der Waals surface area contributed by atoms with Gasteiger partial charge < -0.3 is 37.9 Å². The third kappa shape index (κ3) is 16.9. The molecule has 0 amide bonds. The van der Waals surface area contributed by atoms with Crippen molar-refractivity contribution in [3.05, 3.63) is 430 Å². The van der Waals surface area contributed by atoms with E-state index in [0.717, 1.165) is 180 Å². The average molecular weight is 1360 g/mol. The van der Waals surface area contributed by atoms with E-state index in [9.17, 15) is 0 Å². The smallest absolute Gasteiger partial charge is 0.118 e. The van der Waals surface area contributed by atoms with E-state index in [0.29, 0.717) is 0 Å². The van der Waals surface area contributed by atoms with Crippen LogP contribution in [0, 0.1) is 0 Å². The standard InChI is InChI=1S/C96H82O8/c1-65(69-27-43-83(97-3)44-28-69)67-11-15-71(16-12-67)91(77-31-47-85(99-5)48-32-77)59-61-93(79-35-51-87(101-7)52-36-79)73-19-23-75(24-20-73)95(81-39-55-89(103-9)56-40-81)63-64-96(82-41-57-90(104-10)58-42-82)76-25-21-74(22-26-76)94(80-37-53-88(102-8)54-38-80)62-60-92(78-33-49-86(100-6)50-34-78)72-17-13-68(14-18-72)66(2)70-29-45-84(98-4)46-30-70/h11-64H,1-2H2,3-10H3/b91-59-,92-60-,93-61-,94-62-,95-63-,96-64-. The largest absolute Gasteiger partial charge is 0.497 e. The Morgan fingerprint density at radius 3 is 0.346 bits per heavy atom. The van der Waals surface area contributed by atoms with Gasteiger partial charge in [0.05, 0.1) is 56.9 Å². The molecule has 0 aromatic heterocycles. The summed E-state index contributed by atoms with van der Waals surface area (Å²) in [6.45, 7) is 8.94. The molecule has 0 atom stereocenters. The summed E-state index contributed by atoms with van der Waals surface area (Å²) in [5, 5.41) is 0. The maximum atomic E-state index is 5.70. The first kappa shape index (κ1) is 70.8. The zero-order valence-corrected chi connectivity index (χ0v) is 59.9. The summed E-state index contributed by atoms with van der Waals surface area (Å²) in [5.74, 6) is 6.23. The van der Waals surface area contributed by atoms with Crippen LogP contribution in [0.25, 0.3) is 44.6 Å². The van der Waals surface area contributed by atoms with Gasteiger partial charge in [-0.05, 0) is 231 Å². The SMILES string of the molecule is C=C(c1ccc(OC)cc1)c1ccc(/C(=C/C=C(\c2ccc(OC)cc2)c2ccc(/C(=C/C=C(\c3ccc(OC)cc3)c3ccc(/C(=C/C=C(\c4ccc(OC)cc4)c4ccc(C(=C)c5ccc(OC)cc5)cc4)c4ccc(OC)cc4)cc3)c3ccc(OC)cc3)cc2)c2ccc(OC)cc2)cc1. The van der Waals surface area contributed by atoms with Gasteiger partial charge in [-0.3, -0.25) is 0 Å². The molecular weight excluding hydrogens is 1280 g/mol. The van der Waals surface area contributed by atoms with Crippen LogP contribution in [-0.4, -0.2) is 56.9 Å². The lowest BCUT2D eigenvalue weighted by molar-refractivity contribution is 0.414. The van der Waals surface area contributed by atoms with Gasteiger partial charge in [0.25, 0.3) is 0 Å². The minimum atomic E-state index is 0.766. The van der Waals surface area contributed by atoms with Gasteiger partial charge in [0, 0.05) is 0 Å². The zero-order valence-electron chi connectivity index (χ0n) is 59.9. The van der Waals surface area contributed by atoms with E-state index >= 15 is 0 Å². The van der Waals surface area contributed by atoms with Crippen molar-refractivity contribution in [2.45, 2.75) is 0 Å². The molecule has 12 aromatic carbocycles. The van der Waals surface area contributed by atoms with E-state index in [-0.39, 0.29) is 0 Å². The maximum Gasteiger partial charge on any atom is 0.118 e. The highest BCUT2D eigenvalue weighted by Crippen LogP contribution is 2.38. The zero-order chi connectivity index (χ0) is 72.3. The Bertz CT molecular complexity index is 4770. The van der Waals surface area contributed by atoms with E-state index in [1.807, 2.05) is 121 Å². The minimum Gasteiger partial charge on any atom is -0.497 e. The lowest BCUT2D eigenvalue weighted by Gasteiger charge is -2.15. The Balaban J connectivity index is 0.939. The maximum absolute atomic E-state index is 5.70. The van der Waals surface area contributed by atoms with Crippen molar-refractivity contribution in [1.82, 2.24) is 0 Å². The van der Waals surface area contributed by atoms with Gasteiger partial charge in [0.1, 0.15) is 46.0 Å². The lowest BCUT2D eigenvalue weighted by Crippen LogP contribution is -1.94. The summed E-state index contributed by atoms with van der Waals surface area (Å²) in [5.41, 5.74) is 24.4. The molecule has 0 spiro atoms. The molecule has 0 N–H and O–H groups in total. The molecule has 0 bridgehead atoms. The normalized spacial score (nSPS) is 12.1. The molecule has 0 radical (unpaired) electrons. The first-order chi connectivity index (χ1) is 51.0. The number of hydrogen-bond acceptors (Lipinski definition) is 8. The fraction of sp³-hybridized carbons (Fsp3) is 0.0833. The molecule has 0 unspecified atom stereocenters. The van der Waals surface area contributed by atoms with E-state index < -0.39 is 0 Å². The second-order valence-electron chi connectivity index (χ2n) is 24.6. The molecule has 0 saturated heterocycles. The quantitative estimate of drug-likeness (QED) is 0.0472. The highest BCUT2D eigenvalue weighted by Gasteiger charge is 2.17. The molecule has 0 aliphatic carbocycles. The van der Waals surface area contributed by atoms with E-state index in [1.54, 1.807) is 56.9 Å². The van der Waals surface area contributed by atoms with Gasteiger partial charge in [-0.2, -0.15) is 0 Å². The summed E-state index contributed by atoms with van der Waals surface area (Å²) in [6, 6.07) is 100. The highest BCUT2D eigenvalue weighted by molar-refractivity contribution is 5.92. The van der Waals surface area contributed by atoms with Crippen molar-refractivity contribution in [3.63, 3.8) is 0 Å². The van der Waals surface area contributed by atoms with E-state index in [1.165, 1.54) is 0 Å². The van der Waals surface area contributed by atoms with Crippen LogP contribution in [0.5, 0.6) is 46.0 Å². The molecule has 104 heavy (non-hydrogen) atoms. The fourth-order valence-corrected chi connectivity index (χ4v) is 12.6. The number of rotatable bonds is 27. The third-order valence-electron chi connectivity index (χ3n) is 18.6. The number of methoxy groups -OCH3 is 8. The van der Waals surface area contributed by atoms with Crippen molar-refractivity contribution < 1.29 is 37.9 Å². The molecule has 0 fully saturated rings. The Kier molecular flexibility index (Phi) is 23.1. The molecule has 0 heterocycles. The van der Waals surface area contributed by atoms with Gasteiger partial charge in [-0.25, -0.2) is 0 Å². The summed E-state index contributed by atoms with van der Waals surface area (Å²) >= 11 is 0. The van der Waals surface area contributed by atoms with Crippen molar-refractivity contribution in [2.75, 3.05) is 56.9 Å². The van der Waals surface area contributed by atoms with Gasteiger partial charge in [0.15, 0.2) is 0 Å². The molecule has 0 aliphatic heterocycles. The van der Waals surface area contributed by atoms with Crippen LogP contribution in [0.3, 0.4) is 0 Å². The van der Waals surface area contributed by atoms with E-state index in [4.69, 9.17) is 37.9 Å².